The van der Waals surface area contributed by atoms with Crippen LogP contribution in [0.1, 0.15) is 29.3 Å². The Morgan fingerprint density at radius 1 is 1.31 bits per heavy atom. The molecule has 8 nitrogen and oxygen atoms in total. The van der Waals surface area contributed by atoms with E-state index in [1.165, 1.54) is 15.7 Å². The smallest absolute Gasteiger partial charge is 0.266 e. The molecule has 2 aliphatic heterocycles. The van der Waals surface area contributed by atoms with Gasteiger partial charge in [0.1, 0.15) is 24.4 Å². The molecule has 2 aliphatic rings. The minimum Gasteiger partial charge on any atom is -0.497 e. The first-order valence-electron chi connectivity index (χ1n) is 10.5. The van der Waals surface area contributed by atoms with Gasteiger partial charge >= 0.3 is 0 Å². The van der Waals surface area contributed by atoms with Gasteiger partial charge in [-0.1, -0.05) is 6.07 Å². The molecular weight excluding hydrogens is 420 g/mol. The third kappa shape index (κ3) is 3.74. The summed E-state index contributed by atoms with van der Waals surface area (Å²) in [5, 5.41) is 4.15. The maximum atomic E-state index is 14.8. The predicted molar refractivity (Wildman–Crippen MR) is 110 cm³/mol. The molecule has 10 heteroatoms. The van der Waals surface area contributed by atoms with E-state index in [9.17, 15) is 13.6 Å². The lowest BCUT2D eigenvalue weighted by Crippen LogP contribution is -2.52. The molecule has 0 N–H and O–H groups in total. The second kappa shape index (κ2) is 7.68. The average molecular weight is 443 g/mol. The Morgan fingerprint density at radius 3 is 2.97 bits per heavy atom. The van der Waals surface area contributed by atoms with Crippen molar-refractivity contribution in [1.29, 1.82) is 0 Å². The van der Waals surface area contributed by atoms with Gasteiger partial charge in [-0.2, -0.15) is 10.1 Å². The number of carbonyl (C=O) groups excluding carboxylic acids is 1. The van der Waals surface area contributed by atoms with Crippen molar-refractivity contribution in [2.45, 2.75) is 31.6 Å². The van der Waals surface area contributed by atoms with Crippen molar-refractivity contribution >= 4 is 11.7 Å². The van der Waals surface area contributed by atoms with Crippen LogP contribution in [0.15, 0.2) is 30.6 Å². The molecule has 1 amide bonds. The molecule has 4 heterocycles. The Morgan fingerprint density at radius 2 is 2.16 bits per heavy atom. The predicted octanol–water partition coefficient (Wildman–Crippen LogP) is 2.64. The summed E-state index contributed by atoms with van der Waals surface area (Å²) in [7, 11) is 1.57. The number of carbonyl (C=O) groups is 1. The number of likely N-dealkylation sites (tertiary alicyclic amines) is 1. The molecule has 1 fully saturated rings. The van der Waals surface area contributed by atoms with Crippen LogP contribution in [0.5, 0.6) is 11.5 Å². The highest BCUT2D eigenvalue weighted by molar-refractivity contribution is 5.80. The summed E-state index contributed by atoms with van der Waals surface area (Å²) in [4.78, 5) is 22.9. The first-order chi connectivity index (χ1) is 15.3. The fourth-order valence-corrected chi connectivity index (χ4v) is 4.61. The van der Waals surface area contributed by atoms with Gasteiger partial charge in [-0.05, 0) is 31.0 Å². The molecule has 0 spiro atoms. The zero-order valence-electron chi connectivity index (χ0n) is 17.8. The first kappa shape index (κ1) is 20.6. The molecule has 0 saturated carbocycles. The number of alkyl halides is 2. The van der Waals surface area contributed by atoms with E-state index in [-0.39, 0.29) is 25.5 Å². The molecule has 5 rings (SSSR count). The van der Waals surface area contributed by atoms with Crippen molar-refractivity contribution in [3.05, 3.63) is 47.5 Å². The summed E-state index contributed by atoms with van der Waals surface area (Å²) in [6.07, 6.45) is 1.42. The summed E-state index contributed by atoms with van der Waals surface area (Å²) in [6.45, 7) is 1.51. The van der Waals surface area contributed by atoms with E-state index in [0.717, 1.165) is 5.56 Å². The van der Waals surface area contributed by atoms with E-state index in [2.05, 4.69) is 15.1 Å². The first-order valence-corrected chi connectivity index (χ1v) is 10.5. The highest BCUT2D eigenvalue weighted by Gasteiger charge is 2.45. The minimum absolute atomic E-state index is 0.146. The van der Waals surface area contributed by atoms with Crippen molar-refractivity contribution in [2.24, 2.45) is 5.92 Å². The topological polar surface area (TPSA) is 81.9 Å². The van der Waals surface area contributed by atoms with Crippen LogP contribution in [0, 0.1) is 12.8 Å². The van der Waals surface area contributed by atoms with Crippen LogP contribution in [0.4, 0.5) is 8.78 Å². The summed E-state index contributed by atoms with van der Waals surface area (Å²) >= 11 is 0. The fraction of sp³-hybridized carbons (Fsp3) is 0.455. The quantitative estimate of drug-likeness (QED) is 0.619. The number of methoxy groups -OCH3 is 1. The maximum Gasteiger partial charge on any atom is 0.266 e. The molecule has 32 heavy (non-hydrogen) atoms. The van der Waals surface area contributed by atoms with Gasteiger partial charge in [0.25, 0.3) is 11.7 Å². The number of hydrogen-bond donors (Lipinski definition) is 0. The van der Waals surface area contributed by atoms with Crippen LogP contribution in [-0.4, -0.2) is 63.1 Å². The van der Waals surface area contributed by atoms with E-state index in [0.29, 0.717) is 35.1 Å². The normalized spacial score (nSPS) is 22.3. The van der Waals surface area contributed by atoms with Gasteiger partial charge in [-0.3, -0.25) is 4.79 Å². The van der Waals surface area contributed by atoms with E-state index >= 15 is 0 Å². The number of benzene rings is 1. The van der Waals surface area contributed by atoms with Gasteiger partial charge in [-0.25, -0.2) is 18.3 Å². The second-order valence-electron chi connectivity index (χ2n) is 8.46. The fourth-order valence-electron chi connectivity index (χ4n) is 4.61. The zero-order chi connectivity index (χ0) is 22.5. The third-order valence-electron chi connectivity index (χ3n) is 6.08. The Balaban J connectivity index is 1.39. The van der Waals surface area contributed by atoms with Gasteiger partial charge in [0.05, 0.1) is 25.3 Å². The van der Waals surface area contributed by atoms with E-state index in [4.69, 9.17) is 9.47 Å². The van der Waals surface area contributed by atoms with Crippen LogP contribution >= 0.6 is 0 Å². The standard InChI is InChI=1S/C22H23F2N5O3/c1-13-5-18(29-21(27-13)25-12-26-29)16-8-22(23,24)11-28(9-16)20(30)15-6-14-3-4-17(31-2)7-19(14)32-10-15/h3-5,7,12,15-16H,6,8-11H2,1-2H3. The van der Waals surface area contributed by atoms with Gasteiger partial charge in [0.15, 0.2) is 0 Å². The number of fused-ring (bicyclic) bond motifs is 2. The molecule has 1 saturated heterocycles. The molecule has 3 aromatic rings. The van der Waals surface area contributed by atoms with Crippen LogP contribution in [0.25, 0.3) is 5.78 Å². The number of hydrogen-bond acceptors (Lipinski definition) is 6. The van der Waals surface area contributed by atoms with Crippen molar-refractivity contribution in [1.82, 2.24) is 24.5 Å². The lowest BCUT2D eigenvalue weighted by atomic mass is 9.89. The molecule has 2 atom stereocenters. The molecule has 0 radical (unpaired) electrons. The van der Waals surface area contributed by atoms with Gasteiger partial charge < -0.3 is 14.4 Å². The Hall–Kier alpha value is -3.30. The van der Waals surface area contributed by atoms with Crippen LogP contribution in [0.2, 0.25) is 0 Å². The number of rotatable bonds is 3. The largest absolute Gasteiger partial charge is 0.497 e. The molecule has 168 valence electrons. The number of halogens is 2. The van der Waals surface area contributed by atoms with E-state index in [1.807, 2.05) is 6.07 Å². The number of aryl methyl sites for hydroxylation is 1. The Bertz CT molecular complexity index is 1180. The Labute approximate surface area is 183 Å². The molecule has 2 unspecified atom stereocenters. The van der Waals surface area contributed by atoms with Crippen molar-refractivity contribution in [3.8, 4) is 11.5 Å². The lowest BCUT2D eigenvalue weighted by Gasteiger charge is -2.39. The Kier molecular flexibility index (Phi) is 4.94. The minimum atomic E-state index is -3.01. The molecular formula is C22H23F2N5O3. The van der Waals surface area contributed by atoms with Crippen molar-refractivity contribution < 1.29 is 23.0 Å². The van der Waals surface area contributed by atoms with Crippen LogP contribution < -0.4 is 9.47 Å². The SMILES string of the molecule is COc1ccc2c(c1)OCC(C(=O)N1CC(c3cc(C)nc4ncnn34)CC(F)(F)C1)C2. The summed E-state index contributed by atoms with van der Waals surface area (Å²) in [5.41, 5.74) is 2.12. The molecule has 1 aromatic carbocycles. The average Bonchev–Trinajstić information content (AvgIpc) is 3.24. The summed E-state index contributed by atoms with van der Waals surface area (Å²) in [6, 6.07) is 7.16. The van der Waals surface area contributed by atoms with Gasteiger partial charge in [0.2, 0.25) is 5.91 Å². The molecule has 0 bridgehead atoms. The van der Waals surface area contributed by atoms with Crippen molar-refractivity contribution in [2.75, 3.05) is 26.8 Å². The number of piperidine rings is 1. The third-order valence-corrected chi connectivity index (χ3v) is 6.08. The van der Waals surface area contributed by atoms with Crippen LogP contribution in [-0.2, 0) is 11.2 Å². The van der Waals surface area contributed by atoms with Gasteiger partial charge in [0, 0.05) is 30.6 Å². The van der Waals surface area contributed by atoms with Crippen LogP contribution in [0.3, 0.4) is 0 Å². The van der Waals surface area contributed by atoms with E-state index < -0.39 is 24.3 Å². The summed E-state index contributed by atoms with van der Waals surface area (Å²) < 4.78 is 42.0. The highest BCUT2D eigenvalue weighted by atomic mass is 19.3. The maximum absolute atomic E-state index is 14.8. The van der Waals surface area contributed by atoms with Crippen molar-refractivity contribution in [3.63, 3.8) is 0 Å². The lowest BCUT2D eigenvalue weighted by molar-refractivity contribution is -0.148. The van der Waals surface area contributed by atoms with E-state index in [1.54, 1.807) is 32.2 Å². The highest BCUT2D eigenvalue weighted by Crippen LogP contribution is 2.38. The second-order valence-corrected chi connectivity index (χ2v) is 8.46. The number of amides is 1. The number of ether oxygens (including phenoxy) is 2. The molecule has 0 aliphatic carbocycles. The summed E-state index contributed by atoms with van der Waals surface area (Å²) in [5.74, 6) is -2.75. The number of nitrogens with zero attached hydrogens (tertiary/aromatic N) is 5. The zero-order valence-corrected chi connectivity index (χ0v) is 17.8. The van der Waals surface area contributed by atoms with Gasteiger partial charge in [-0.15, -0.1) is 0 Å². The molecule has 2 aromatic heterocycles. The number of aromatic nitrogens is 4. The monoisotopic (exact) mass is 443 g/mol.